The van der Waals surface area contributed by atoms with Crippen molar-refractivity contribution < 1.29 is 4.74 Å². The van der Waals surface area contributed by atoms with Crippen LogP contribution in [0.2, 0.25) is 15.1 Å². The Hall–Kier alpha value is -3.05. The number of aromatic nitrogens is 3. The predicted octanol–water partition coefficient (Wildman–Crippen LogP) is 7.70. The van der Waals surface area contributed by atoms with Gasteiger partial charge in [0, 0.05) is 38.0 Å². The largest absolute Gasteiger partial charge is 0.478 e. The highest BCUT2D eigenvalue weighted by Crippen LogP contribution is 2.37. The molecule has 0 unspecified atom stereocenters. The number of methoxy groups -OCH3 is 1. The first-order valence-corrected chi connectivity index (χ1v) is 10.9. The Morgan fingerprint density at radius 1 is 0.719 bits per heavy atom. The van der Waals surface area contributed by atoms with E-state index in [4.69, 9.17) is 49.5 Å². The molecule has 0 aliphatic carbocycles. The Kier molecular flexibility index (Phi) is 5.51. The average molecular weight is 481 g/mol. The van der Waals surface area contributed by atoms with E-state index in [0.717, 1.165) is 28.1 Å². The average Bonchev–Trinajstić information content (AvgIpc) is 3.19. The summed E-state index contributed by atoms with van der Waals surface area (Å²) in [6.07, 6.45) is 1.94. The van der Waals surface area contributed by atoms with E-state index >= 15 is 0 Å². The molecule has 0 atom stereocenters. The van der Waals surface area contributed by atoms with E-state index in [0.29, 0.717) is 32.3 Å². The Balaban J connectivity index is 1.84. The summed E-state index contributed by atoms with van der Waals surface area (Å²) in [5, 5.41) is 1.95. The zero-order chi connectivity index (χ0) is 22.2. The van der Waals surface area contributed by atoms with E-state index in [9.17, 15) is 0 Å². The fraction of sp³-hybridized carbons (Fsp3) is 0.0400. The highest BCUT2D eigenvalue weighted by molar-refractivity contribution is 6.31. The third kappa shape index (κ3) is 3.82. The van der Waals surface area contributed by atoms with E-state index in [1.54, 1.807) is 7.11 Å². The van der Waals surface area contributed by atoms with Crippen LogP contribution in [-0.2, 0) is 0 Å². The number of rotatable bonds is 4. The second kappa shape index (κ2) is 8.47. The molecule has 0 aliphatic rings. The minimum Gasteiger partial charge on any atom is -0.478 e. The van der Waals surface area contributed by atoms with Gasteiger partial charge in [0.25, 0.3) is 5.88 Å². The van der Waals surface area contributed by atoms with E-state index in [2.05, 4.69) is 0 Å². The molecule has 4 nitrogen and oxygen atoms in total. The van der Waals surface area contributed by atoms with Gasteiger partial charge in [0.1, 0.15) is 0 Å². The fourth-order valence-corrected chi connectivity index (χ4v) is 4.08. The molecule has 2 heterocycles. The molecule has 0 radical (unpaired) electrons. The van der Waals surface area contributed by atoms with Crippen LogP contribution in [0.15, 0.2) is 79.0 Å². The van der Waals surface area contributed by atoms with Crippen molar-refractivity contribution in [1.29, 1.82) is 0 Å². The van der Waals surface area contributed by atoms with Crippen LogP contribution in [0, 0.1) is 0 Å². The molecular weight excluding hydrogens is 465 g/mol. The zero-order valence-corrected chi connectivity index (χ0v) is 19.2. The maximum absolute atomic E-state index is 6.22. The van der Waals surface area contributed by atoms with Crippen molar-refractivity contribution >= 4 is 40.4 Å². The van der Waals surface area contributed by atoms with Crippen molar-refractivity contribution in [2.24, 2.45) is 0 Å². The first-order valence-electron chi connectivity index (χ1n) is 9.78. The van der Waals surface area contributed by atoms with Crippen LogP contribution in [-0.4, -0.2) is 21.5 Å². The molecule has 0 fully saturated rings. The lowest BCUT2D eigenvalue weighted by atomic mass is 10.0. The van der Waals surface area contributed by atoms with Crippen LogP contribution in [0.3, 0.4) is 0 Å². The van der Waals surface area contributed by atoms with Gasteiger partial charge in [-0.2, -0.15) is 0 Å². The lowest BCUT2D eigenvalue weighted by Gasteiger charge is -2.10. The van der Waals surface area contributed by atoms with Gasteiger partial charge in [0.05, 0.1) is 24.2 Å². The van der Waals surface area contributed by atoms with Gasteiger partial charge in [0.15, 0.2) is 0 Å². The normalized spacial score (nSPS) is 11.1. The first kappa shape index (κ1) is 20.8. The number of imidazole rings is 1. The molecule has 0 amide bonds. The topological polar surface area (TPSA) is 39.4 Å². The predicted molar refractivity (Wildman–Crippen MR) is 131 cm³/mol. The molecular formula is C25H16Cl3N3O. The Labute approximate surface area is 200 Å². The summed E-state index contributed by atoms with van der Waals surface area (Å²) in [7, 11) is 1.59. The van der Waals surface area contributed by atoms with Gasteiger partial charge in [-0.1, -0.05) is 71.2 Å². The van der Waals surface area contributed by atoms with Gasteiger partial charge < -0.3 is 4.74 Å². The van der Waals surface area contributed by atoms with E-state index in [-0.39, 0.29) is 0 Å². The number of benzene rings is 3. The maximum atomic E-state index is 6.22. The third-order valence-electron chi connectivity index (χ3n) is 5.12. The fourth-order valence-electron chi connectivity index (χ4n) is 3.64. The number of nitrogens with zero attached hydrogens (tertiary/aromatic N) is 3. The van der Waals surface area contributed by atoms with Crippen LogP contribution in [0.4, 0.5) is 0 Å². The molecule has 0 saturated heterocycles. The minimum atomic E-state index is 0.415. The van der Waals surface area contributed by atoms with Crippen molar-refractivity contribution in [2.75, 3.05) is 7.11 Å². The van der Waals surface area contributed by atoms with Crippen LogP contribution in [0.25, 0.3) is 39.4 Å². The summed E-state index contributed by atoms with van der Waals surface area (Å²) in [5.74, 6) is 0.415. The standard InChI is InChI=1S/C25H16Cl3N3O/c1-32-25-24-30-22(15-5-9-18(26)10-6-15)23(16-7-11-19(27)12-8-16)31(24)14-21(29-25)17-3-2-4-20(28)13-17/h2-14H,1H3. The summed E-state index contributed by atoms with van der Waals surface area (Å²) in [6.45, 7) is 0. The molecule has 5 rings (SSSR count). The van der Waals surface area contributed by atoms with E-state index in [1.165, 1.54) is 0 Å². The van der Waals surface area contributed by atoms with Crippen LogP contribution >= 0.6 is 34.8 Å². The summed E-state index contributed by atoms with van der Waals surface area (Å²) >= 11 is 18.5. The highest BCUT2D eigenvalue weighted by atomic mass is 35.5. The molecule has 0 saturated carbocycles. The smallest absolute Gasteiger partial charge is 0.258 e. The minimum absolute atomic E-state index is 0.415. The summed E-state index contributed by atoms with van der Waals surface area (Å²) in [6, 6.07) is 22.8. The Morgan fingerprint density at radius 2 is 1.38 bits per heavy atom. The number of hydrogen-bond acceptors (Lipinski definition) is 3. The quantitative estimate of drug-likeness (QED) is 0.264. The first-order chi connectivity index (χ1) is 15.5. The van der Waals surface area contributed by atoms with Gasteiger partial charge in [-0.15, -0.1) is 0 Å². The van der Waals surface area contributed by atoms with Crippen molar-refractivity contribution in [3.63, 3.8) is 0 Å². The lowest BCUT2D eigenvalue weighted by Crippen LogP contribution is -1.98. The SMILES string of the molecule is COc1nc(-c2cccc(Cl)c2)cn2c(-c3ccc(Cl)cc3)c(-c3ccc(Cl)cc3)nc12. The number of halogens is 3. The Bertz CT molecular complexity index is 1430. The van der Waals surface area contributed by atoms with E-state index in [1.807, 2.05) is 83.4 Å². The van der Waals surface area contributed by atoms with Crippen LogP contribution in [0.1, 0.15) is 0 Å². The van der Waals surface area contributed by atoms with Crippen LogP contribution in [0.5, 0.6) is 5.88 Å². The zero-order valence-electron chi connectivity index (χ0n) is 16.9. The molecule has 5 aromatic rings. The monoisotopic (exact) mass is 479 g/mol. The van der Waals surface area contributed by atoms with Crippen LogP contribution < -0.4 is 4.74 Å². The van der Waals surface area contributed by atoms with Gasteiger partial charge >= 0.3 is 0 Å². The Morgan fingerprint density at radius 3 is 2.00 bits per heavy atom. The van der Waals surface area contributed by atoms with Gasteiger partial charge in [-0.25, -0.2) is 9.97 Å². The second-order valence-corrected chi connectivity index (χ2v) is 8.47. The molecule has 158 valence electrons. The maximum Gasteiger partial charge on any atom is 0.258 e. The number of hydrogen-bond donors (Lipinski definition) is 0. The molecule has 0 N–H and O–H groups in total. The summed E-state index contributed by atoms with van der Waals surface area (Å²) in [4.78, 5) is 9.60. The summed E-state index contributed by atoms with van der Waals surface area (Å²) < 4.78 is 7.62. The highest BCUT2D eigenvalue weighted by Gasteiger charge is 2.21. The molecule has 3 aromatic carbocycles. The lowest BCUT2D eigenvalue weighted by molar-refractivity contribution is 0.400. The number of ether oxygens (including phenoxy) is 1. The molecule has 7 heteroatoms. The van der Waals surface area contributed by atoms with Crippen molar-refractivity contribution in [2.45, 2.75) is 0 Å². The van der Waals surface area contributed by atoms with Crippen molar-refractivity contribution in [1.82, 2.24) is 14.4 Å². The molecule has 0 aliphatic heterocycles. The van der Waals surface area contributed by atoms with Gasteiger partial charge in [-0.05, 0) is 36.4 Å². The van der Waals surface area contributed by atoms with Gasteiger partial charge in [-0.3, -0.25) is 4.40 Å². The molecule has 0 spiro atoms. The third-order valence-corrected chi connectivity index (χ3v) is 5.86. The summed E-state index contributed by atoms with van der Waals surface area (Å²) in [5.41, 5.74) is 5.75. The van der Waals surface area contributed by atoms with Gasteiger partial charge in [0.2, 0.25) is 5.65 Å². The van der Waals surface area contributed by atoms with E-state index < -0.39 is 0 Å². The van der Waals surface area contributed by atoms with Crippen molar-refractivity contribution in [3.8, 4) is 39.7 Å². The molecule has 32 heavy (non-hydrogen) atoms. The second-order valence-electron chi connectivity index (χ2n) is 7.16. The number of fused-ring (bicyclic) bond motifs is 1. The molecule has 2 aromatic heterocycles. The molecule has 0 bridgehead atoms. The van der Waals surface area contributed by atoms with Crippen molar-refractivity contribution in [3.05, 3.63) is 94.1 Å².